The molecular weight excluding hydrogens is 385 g/mol. The monoisotopic (exact) mass is 405 g/mol. The first-order valence-electron chi connectivity index (χ1n) is 9.56. The second-order valence-corrected chi connectivity index (χ2v) is 6.83. The Kier molecular flexibility index (Phi) is 5.14. The van der Waals surface area contributed by atoms with Gasteiger partial charge < -0.3 is 9.88 Å². The molecule has 152 valence electrons. The number of carbonyl (C=O) groups is 1. The highest BCUT2D eigenvalue weighted by Crippen LogP contribution is 2.17. The summed E-state index contributed by atoms with van der Waals surface area (Å²) in [5.74, 6) is -0.159. The quantitative estimate of drug-likeness (QED) is 0.553. The van der Waals surface area contributed by atoms with Crippen LogP contribution in [0.5, 0.6) is 0 Å². The largest absolute Gasteiger partial charge is 0.347 e. The Morgan fingerprint density at radius 3 is 2.60 bits per heavy atom. The number of benzene rings is 2. The average molecular weight is 405 g/mol. The highest BCUT2D eigenvalue weighted by atomic mass is 19.1. The van der Waals surface area contributed by atoms with Gasteiger partial charge in [-0.25, -0.2) is 14.1 Å². The van der Waals surface area contributed by atoms with E-state index in [-0.39, 0.29) is 17.8 Å². The third-order valence-electron chi connectivity index (χ3n) is 4.93. The number of aryl methyl sites for hydroxylation is 2. The highest BCUT2D eigenvalue weighted by Gasteiger charge is 2.16. The Hall–Kier alpha value is -3.81. The van der Waals surface area contributed by atoms with Crippen LogP contribution in [0, 0.1) is 12.7 Å². The molecule has 2 aromatic heterocycles. The predicted octanol–water partition coefficient (Wildman–Crippen LogP) is 2.98. The number of rotatable bonds is 5. The SMILES string of the molecule is CCn1nc(C(=O)NCc2ccc(-n3ccnc3C)c(F)c2)c2ccccc2c1=O. The lowest BCUT2D eigenvalue weighted by molar-refractivity contribution is 0.0945. The van der Waals surface area contributed by atoms with E-state index in [1.54, 1.807) is 67.2 Å². The second kappa shape index (κ2) is 7.90. The summed E-state index contributed by atoms with van der Waals surface area (Å²) >= 11 is 0. The fourth-order valence-corrected chi connectivity index (χ4v) is 3.37. The minimum Gasteiger partial charge on any atom is -0.347 e. The maximum atomic E-state index is 14.6. The molecule has 2 heterocycles. The molecule has 0 radical (unpaired) electrons. The van der Waals surface area contributed by atoms with Crippen LogP contribution in [0.15, 0.2) is 59.7 Å². The van der Waals surface area contributed by atoms with Crippen molar-refractivity contribution in [2.75, 3.05) is 0 Å². The Bertz CT molecular complexity index is 1310. The summed E-state index contributed by atoms with van der Waals surface area (Å²) < 4.78 is 17.5. The zero-order valence-corrected chi connectivity index (χ0v) is 16.6. The van der Waals surface area contributed by atoms with Gasteiger partial charge in [-0.1, -0.05) is 24.3 Å². The van der Waals surface area contributed by atoms with E-state index >= 15 is 0 Å². The van der Waals surface area contributed by atoms with Gasteiger partial charge in [0.2, 0.25) is 0 Å². The molecule has 0 bridgehead atoms. The van der Waals surface area contributed by atoms with Gasteiger partial charge in [-0.05, 0) is 37.6 Å². The maximum Gasteiger partial charge on any atom is 0.274 e. The molecular formula is C22H20FN5O2. The molecule has 7 nitrogen and oxygen atoms in total. The van der Waals surface area contributed by atoms with Gasteiger partial charge in [0.15, 0.2) is 5.69 Å². The van der Waals surface area contributed by atoms with Crippen molar-refractivity contribution < 1.29 is 9.18 Å². The number of halogens is 1. The van der Waals surface area contributed by atoms with Crippen LogP contribution in [0.4, 0.5) is 4.39 Å². The van der Waals surface area contributed by atoms with Crippen molar-refractivity contribution in [3.05, 3.63) is 88.1 Å². The predicted molar refractivity (Wildman–Crippen MR) is 111 cm³/mol. The van der Waals surface area contributed by atoms with Gasteiger partial charge >= 0.3 is 0 Å². The summed E-state index contributed by atoms with van der Waals surface area (Å²) in [6, 6.07) is 11.6. The van der Waals surface area contributed by atoms with E-state index in [9.17, 15) is 14.0 Å². The van der Waals surface area contributed by atoms with Crippen LogP contribution in [0.2, 0.25) is 0 Å². The lowest BCUT2D eigenvalue weighted by atomic mass is 10.1. The van der Waals surface area contributed by atoms with Gasteiger partial charge in [-0.2, -0.15) is 5.10 Å². The fraction of sp³-hybridized carbons (Fsp3) is 0.182. The molecule has 0 spiro atoms. The molecule has 0 aliphatic heterocycles. The van der Waals surface area contributed by atoms with Crippen LogP contribution in [0.1, 0.15) is 28.8 Å². The smallest absolute Gasteiger partial charge is 0.274 e. The first-order chi connectivity index (χ1) is 14.5. The molecule has 30 heavy (non-hydrogen) atoms. The number of nitrogens with one attached hydrogen (secondary N) is 1. The zero-order valence-electron chi connectivity index (χ0n) is 16.6. The van der Waals surface area contributed by atoms with Crippen molar-refractivity contribution in [1.82, 2.24) is 24.6 Å². The summed E-state index contributed by atoms with van der Waals surface area (Å²) in [4.78, 5) is 29.3. The minimum atomic E-state index is -0.427. The van der Waals surface area contributed by atoms with Crippen LogP contribution < -0.4 is 10.9 Å². The van der Waals surface area contributed by atoms with E-state index in [0.29, 0.717) is 34.4 Å². The molecule has 0 atom stereocenters. The zero-order chi connectivity index (χ0) is 21.3. The molecule has 4 rings (SSSR count). The Morgan fingerprint density at radius 2 is 1.93 bits per heavy atom. The third-order valence-corrected chi connectivity index (χ3v) is 4.93. The van der Waals surface area contributed by atoms with Crippen molar-refractivity contribution in [3.8, 4) is 5.69 Å². The number of imidazole rings is 1. The maximum absolute atomic E-state index is 14.6. The molecule has 0 unspecified atom stereocenters. The molecule has 0 aliphatic rings. The lowest BCUT2D eigenvalue weighted by Gasteiger charge is -2.11. The van der Waals surface area contributed by atoms with Gasteiger partial charge in [0, 0.05) is 30.9 Å². The van der Waals surface area contributed by atoms with E-state index in [1.165, 1.54) is 10.7 Å². The van der Waals surface area contributed by atoms with Gasteiger partial charge in [0.05, 0.1) is 11.1 Å². The number of carbonyl (C=O) groups excluding carboxylic acids is 1. The van der Waals surface area contributed by atoms with Crippen molar-refractivity contribution in [1.29, 1.82) is 0 Å². The molecule has 0 saturated heterocycles. The number of nitrogens with zero attached hydrogens (tertiary/aromatic N) is 4. The van der Waals surface area contributed by atoms with Crippen LogP contribution in [-0.4, -0.2) is 25.2 Å². The average Bonchev–Trinajstić information content (AvgIpc) is 3.18. The van der Waals surface area contributed by atoms with Gasteiger partial charge in [-0.15, -0.1) is 0 Å². The Labute approximate surface area is 171 Å². The number of hydrogen-bond acceptors (Lipinski definition) is 4. The van der Waals surface area contributed by atoms with Crippen LogP contribution >= 0.6 is 0 Å². The highest BCUT2D eigenvalue weighted by molar-refractivity contribution is 6.04. The van der Waals surface area contributed by atoms with E-state index in [4.69, 9.17) is 0 Å². The molecule has 0 aliphatic carbocycles. The van der Waals surface area contributed by atoms with Crippen molar-refractivity contribution in [3.63, 3.8) is 0 Å². The van der Waals surface area contributed by atoms with E-state index in [1.807, 2.05) is 0 Å². The summed E-state index contributed by atoms with van der Waals surface area (Å²) in [5, 5.41) is 7.91. The van der Waals surface area contributed by atoms with Gasteiger partial charge in [-0.3, -0.25) is 9.59 Å². The Morgan fingerprint density at radius 1 is 1.17 bits per heavy atom. The number of amides is 1. The van der Waals surface area contributed by atoms with Crippen LogP contribution in [0.3, 0.4) is 0 Å². The molecule has 1 amide bonds. The number of fused-ring (bicyclic) bond motifs is 1. The summed E-state index contributed by atoms with van der Waals surface area (Å²) in [5.41, 5.74) is 0.925. The molecule has 0 saturated carbocycles. The van der Waals surface area contributed by atoms with Gasteiger partial charge in [0.25, 0.3) is 11.5 Å². The molecule has 4 aromatic rings. The van der Waals surface area contributed by atoms with E-state index in [0.717, 1.165) is 0 Å². The molecule has 2 aromatic carbocycles. The topological polar surface area (TPSA) is 81.8 Å². The van der Waals surface area contributed by atoms with Crippen molar-refractivity contribution in [2.24, 2.45) is 0 Å². The van der Waals surface area contributed by atoms with Crippen molar-refractivity contribution in [2.45, 2.75) is 26.9 Å². The van der Waals surface area contributed by atoms with E-state index < -0.39 is 11.7 Å². The second-order valence-electron chi connectivity index (χ2n) is 6.83. The number of hydrogen-bond donors (Lipinski definition) is 1. The normalized spacial score (nSPS) is 11.0. The fourth-order valence-electron chi connectivity index (χ4n) is 3.37. The Balaban J connectivity index is 1.59. The molecule has 8 heteroatoms. The molecule has 0 fully saturated rings. The van der Waals surface area contributed by atoms with Gasteiger partial charge in [0.1, 0.15) is 11.6 Å². The summed E-state index contributed by atoms with van der Waals surface area (Å²) in [7, 11) is 0. The first-order valence-corrected chi connectivity index (χ1v) is 9.56. The number of aromatic nitrogens is 4. The summed E-state index contributed by atoms with van der Waals surface area (Å²) in [6.07, 6.45) is 3.30. The van der Waals surface area contributed by atoms with Crippen LogP contribution in [-0.2, 0) is 13.1 Å². The van der Waals surface area contributed by atoms with E-state index in [2.05, 4.69) is 15.4 Å². The lowest BCUT2D eigenvalue weighted by Crippen LogP contribution is -2.30. The van der Waals surface area contributed by atoms with Crippen molar-refractivity contribution >= 4 is 16.7 Å². The standard InChI is InChI=1S/C22H20FN5O2/c1-3-28-22(30)17-7-5-4-6-16(17)20(26-28)21(29)25-13-15-8-9-19(18(23)12-15)27-11-10-24-14(27)2/h4-12H,3,13H2,1-2H3,(H,25,29). The minimum absolute atomic E-state index is 0.125. The summed E-state index contributed by atoms with van der Waals surface area (Å²) in [6.45, 7) is 4.06. The third kappa shape index (κ3) is 3.47. The first kappa shape index (κ1) is 19.5. The molecule has 1 N–H and O–H groups in total. The van der Waals surface area contributed by atoms with Crippen LogP contribution in [0.25, 0.3) is 16.5 Å².